The Hall–Kier alpha value is -1.77. The molecule has 0 aromatic heterocycles. The molecular weight excluding hydrogens is 154 g/mol. The Morgan fingerprint density at radius 1 is 1.17 bits per heavy atom. The van der Waals surface area contributed by atoms with Crippen molar-refractivity contribution in [2.45, 2.75) is 0 Å². The van der Waals surface area contributed by atoms with E-state index >= 15 is 0 Å². The van der Waals surface area contributed by atoms with Crippen molar-refractivity contribution in [3.05, 3.63) is 41.6 Å². The molecule has 0 amide bonds. The summed E-state index contributed by atoms with van der Waals surface area (Å²) in [6.07, 6.45) is 0. The van der Waals surface area contributed by atoms with E-state index in [-0.39, 0.29) is 5.70 Å². The molecule has 2 N–H and O–H groups in total. The Labute approximate surface area is 69.4 Å². The predicted octanol–water partition coefficient (Wildman–Crippen LogP) is 0.871. The lowest BCUT2D eigenvalue weighted by atomic mass is 10.1. The van der Waals surface area contributed by atoms with Crippen LogP contribution in [-0.4, -0.2) is 5.97 Å². The van der Waals surface area contributed by atoms with Gasteiger partial charge < -0.3 is 10.5 Å². The topological polar surface area (TPSA) is 52.3 Å². The minimum Gasteiger partial charge on any atom is -0.419 e. The van der Waals surface area contributed by atoms with E-state index in [1.807, 2.05) is 30.3 Å². The van der Waals surface area contributed by atoms with E-state index in [1.54, 1.807) is 0 Å². The van der Waals surface area contributed by atoms with Crippen molar-refractivity contribution >= 4 is 11.7 Å². The number of ether oxygens (including phenoxy) is 1. The number of esters is 1. The minimum absolute atomic E-state index is 0.209. The normalized spacial score (nSPS) is 15.5. The van der Waals surface area contributed by atoms with Crippen molar-refractivity contribution in [1.29, 1.82) is 0 Å². The predicted molar refractivity (Wildman–Crippen MR) is 43.6 cm³/mol. The molecule has 3 heteroatoms. The van der Waals surface area contributed by atoms with Crippen molar-refractivity contribution in [2.75, 3.05) is 0 Å². The van der Waals surface area contributed by atoms with Crippen LogP contribution in [0.2, 0.25) is 0 Å². The first-order chi connectivity index (χ1) is 5.79. The fraction of sp³-hybridized carbons (Fsp3) is 0. The number of cyclic esters (lactones) is 1. The zero-order valence-corrected chi connectivity index (χ0v) is 6.28. The molecule has 0 fully saturated rings. The summed E-state index contributed by atoms with van der Waals surface area (Å²) in [6, 6.07) is 9.30. The summed E-state index contributed by atoms with van der Waals surface area (Å²) in [5.74, 6) is 0.0504. The van der Waals surface area contributed by atoms with Gasteiger partial charge in [0.2, 0.25) is 0 Å². The molecule has 0 saturated heterocycles. The van der Waals surface area contributed by atoms with E-state index in [4.69, 9.17) is 10.5 Å². The molecule has 1 aliphatic rings. The molecule has 0 atom stereocenters. The number of rotatable bonds is 1. The van der Waals surface area contributed by atoms with Crippen molar-refractivity contribution in [1.82, 2.24) is 0 Å². The lowest BCUT2D eigenvalue weighted by Crippen LogP contribution is -2.26. The summed E-state index contributed by atoms with van der Waals surface area (Å²) in [7, 11) is 0. The van der Waals surface area contributed by atoms with Gasteiger partial charge in [0.25, 0.3) is 0 Å². The second-order valence-corrected chi connectivity index (χ2v) is 2.50. The molecular formula is C9H7NO2. The molecule has 60 valence electrons. The van der Waals surface area contributed by atoms with Crippen LogP contribution < -0.4 is 5.73 Å². The fourth-order valence-corrected chi connectivity index (χ4v) is 1.05. The maximum atomic E-state index is 10.6. The molecule has 1 heterocycles. The van der Waals surface area contributed by atoms with E-state index in [0.717, 1.165) is 5.56 Å². The molecule has 3 nitrogen and oxygen atoms in total. The van der Waals surface area contributed by atoms with Crippen LogP contribution >= 0.6 is 0 Å². The number of nitrogens with two attached hydrogens (primary N) is 1. The smallest absolute Gasteiger partial charge is 0.363 e. The Morgan fingerprint density at radius 3 is 2.33 bits per heavy atom. The summed E-state index contributed by atoms with van der Waals surface area (Å²) < 4.78 is 4.75. The SMILES string of the molecule is NC1=C(c2ccccc2)OC1=O. The molecule has 12 heavy (non-hydrogen) atoms. The van der Waals surface area contributed by atoms with Crippen LogP contribution in [0, 0.1) is 0 Å². The zero-order valence-electron chi connectivity index (χ0n) is 6.28. The van der Waals surface area contributed by atoms with E-state index in [9.17, 15) is 4.79 Å². The van der Waals surface area contributed by atoms with Gasteiger partial charge in [0.15, 0.2) is 11.5 Å². The second-order valence-electron chi connectivity index (χ2n) is 2.50. The van der Waals surface area contributed by atoms with Crippen LogP contribution in [0.5, 0.6) is 0 Å². The Morgan fingerprint density at radius 2 is 1.83 bits per heavy atom. The molecule has 2 rings (SSSR count). The van der Waals surface area contributed by atoms with Crippen LogP contribution in [0.4, 0.5) is 0 Å². The largest absolute Gasteiger partial charge is 0.419 e. The highest BCUT2D eigenvalue weighted by molar-refractivity contribution is 6.05. The van der Waals surface area contributed by atoms with Gasteiger partial charge in [-0.1, -0.05) is 30.3 Å². The van der Waals surface area contributed by atoms with Gasteiger partial charge >= 0.3 is 5.97 Å². The van der Waals surface area contributed by atoms with Gasteiger partial charge in [-0.15, -0.1) is 0 Å². The third-order valence-electron chi connectivity index (χ3n) is 1.70. The van der Waals surface area contributed by atoms with Crippen molar-refractivity contribution < 1.29 is 9.53 Å². The van der Waals surface area contributed by atoms with Gasteiger partial charge in [0, 0.05) is 5.56 Å². The Bertz CT molecular complexity index is 354. The first-order valence-corrected chi connectivity index (χ1v) is 3.56. The molecule has 0 saturated carbocycles. The first-order valence-electron chi connectivity index (χ1n) is 3.56. The van der Waals surface area contributed by atoms with E-state index in [1.165, 1.54) is 0 Å². The summed E-state index contributed by atoms with van der Waals surface area (Å²) in [6.45, 7) is 0. The van der Waals surface area contributed by atoms with E-state index in [2.05, 4.69) is 0 Å². The third kappa shape index (κ3) is 0.871. The summed E-state index contributed by atoms with van der Waals surface area (Å²) in [5.41, 5.74) is 6.46. The quantitative estimate of drug-likeness (QED) is 0.622. The highest BCUT2D eigenvalue weighted by Gasteiger charge is 2.27. The maximum Gasteiger partial charge on any atom is 0.363 e. The molecule has 1 aliphatic heterocycles. The van der Waals surface area contributed by atoms with Gasteiger partial charge in [-0.25, -0.2) is 4.79 Å². The van der Waals surface area contributed by atoms with E-state index in [0.29, 0.717) is 5.76 Å². The van der Waals surface area contributed by atoms with Crippen molar-refractivity contribution in [3.8, 4) is 0 Å². The molecule has 1 aromatic carbocycles. The molecule has 0 bridgehead atoms. The summed E-state index contributed by atoms with van der Waals surface area (Å²) in [4.78, 5) is 10.6. The lowest BCUT2D eigenvalue weighted by Gasteiger charge is -2.18. The van der Waals surface area contributed by atoms with Crippen LogP contribution in [0.15, 0.2) is 36.0 Å². The van der Waals surface area contributed by atoms with E-state index < -0.39 is 5.97 Å². The molecule has 0 unspecified atom stereocenters. The highest BCUT2D eigenvalue weighted by atomic mass is 16.6. The Balaban J connectivity index is 2.41. The summed E-state index contributed by atoms with van der Waals surface area (Å²) >= 11 is 0. The second kappa shape index (κ2) is 2.37. The minimum atomic E-state index is -0.436. The van der Waals surface area contributed by atoms with Gasteiger partial charge in [-0.2, -0.15) is 0 Å². The molecule has 0 aliphatic carbocycles. The maximum absolute atomic E-state index is 10.6. The standard InChI is InChI=1S/C9H7NO2/c10-7-8(12-9(7)11)6-4-2-1-3-5-6/h1-5H,10H2. The highest BCUT2D eigenvalue weighted by Crippen LogP contribution is 2.26. The molecule has 0 spiro atoms. The lowest BCUT2D eigenvalue weighted by molar-refractivity contribution is -0.136. The monoisotopic (exact) mass is 161 g/mol. The average molecular weight is 161 g/mol. The fourth-order valence-electron chi connectivity index (χ4n) is 1.05. The van der Waals surface area contributed by atoms with Crippen LogP contribution in [-0.2, 0) is 9.53 Å². The molecule has 0 radical (unpaired) electrons. The van der Waals surface area contributed by atoms with Gasteiger partial charge in [-0.05, 0) is 0 Å². The number of carbonyl (C=O) groups excluding carboxylic acids is 1. The zero-order chi connectivity index (χ0) is 8.55. The van der Waals surface area contributed by atoms with Crippen molar-refractivity contribution in [2.24, 2.45) is 5.73 Å². The van der Waals surface area contributed by atoms with Gasteiger partial charge in [-0.3, -0.25) is 0 Å². The Kier molecular flexibility index (Phi) is 1.37. The average Bonchev–Trinajstić information content (AvgIpc) is 2.15. The van der Waals surface area contributed by atoms with Gasteiger partial charge in [0.1, 0.15) is 0 Å². The number of carbonyl (C=O) groups is 1. The van der Waals surface area contributed by atoms with Crippen molar-refractivity contribution in [3.63, 3.8) is 0 Å². The molecule has 1 aromatic rings. The van der Waals surface area contributed by atoms with Gasteiger partial charge in [0.05, 0.1) is 0 Å². The number of hydrogen-bond acceptors (Lipinski definition) is 3. The van der Waals surface area contributed by atoms with Crippen LogP contribution in [0.25, 0.3) is 5.76 Å². The van der Waals surface area contributed by atoms with Crippen LogP contribution in [0.1, 0.15) is 5.56 Å². The first kappa shape index (κ1) is 6.91. The third-order valence-corrected chi connectivity index (χ3v) is 1.70. The van der Waals surface area contributed by atoms with Crippen LogP contribution in [0.3, 0.4) is 0 Å². The summed E-state index contributed by atoms with van der Waals surface area (Å²) in [5, 5.41) is 0. The number of hydrogen-bond donors (Lipinski definition) is 1. The number of benzene rings is 1.